The maximum Gasteiger partial charge on any atom is 0.178 e. The molecular formula is C22H34N2O. The smallest absolute Gasteiger partial charge is 0.178 e. The Balaban J connectivity index is 1.44. The van der Waals surface area contributed by atoms with Crippen molar-refractivity contribution in [3.8, 4) is 0 Å². The molecule has 3 heteroatoms. The minimum absolute atomic E-state index is 0.199. The van der Waals surface area contributed by atoms with Crippen molar-refractivity contribution in [1.82, 2.24) is 5.32 Å². The highest BCUT2D eigenvalue weighted by atomic mass is 16.1. The lowest BCUT2D eigenvalue weighted by Crippen LogP contribution is -2.54. The third-order valence-corrected chi connectivity index (χ3v) is 9.18. The van der Waals surface area contributed by atoms with Gasteiger partial charge in [0.2, 0.25) is 0 Å². The summed E-state index contributed by atoms with van der Waals surface area (Å²) in [5, 5.41) is 3.99. The van der Waals surface area contributed by atoms with Crippen LogP contribution in [-0.2, 0) is 4.79 Å². The van der Waals surface area contributed by atoms with Gasteiger partial charge in [-0.15, -0.1) is 0 Å². The summed E-state index contributed by atoms with van der Waals surface area (Å²) in [6.45, 7) is 5.03. The topological polar surface area (TPSA) is 55.1 Å². The molecule has 138 valence electrons. The van der Waals surface area contributed by atoms with Crippen molar-refractivity contribution < 1.29 is 4.79 Å². The van der Waals surface area contributed by atoms with Crippen molar-refractivity contribution in [1.29, 1.82) is 0 Å². The first kappa shape index (κ1) is 16.4. The molecule has 4 fully saturated rings. The Kier molecular flexibility index (Phi) is 3.49. The third kappa shape index (κ3) is 2.23. The number of carbonyl (C=O) groups is 1. The number of hydrogen-bond donors (Lipinski definition) is 2. The van der Waals surface area contributed by atoms with Crippen molar-refractivity contribution >= 4 is 5.78 Å². The van der Waals surface area contributed by atoms with E-state index in [0.29, 0.717) is 17.5 Å². The van der Waals surface area contributed by atoms with Crippen LogP contribution in [0.15, 0.2) is 11.3 Å². The quantitative estimate of drug-likeness (QED) is 0.799. The van der Waals surface area contributed by atoms with Gasteiger partial charge in [0, 0.05) is 18.5 Å². The summed E-state index contributed by atoms with van der Waals surface area (Å²) in [4.78, 5) is 12.1. The highest BCUT2D eigenvalue weighted by molar-refractivity contribution is 5.96. The summed E-state index contributed by atoms with van der Waals surface area (Å²) in [5.74, 6) is 2.68. The third-order valence-electron chi connectivity index (χ3n) is 9.18. The molecule has 0 heterocycles. The predicted octanol–water partition coefficient (Wildman–Crippen LogP) is 3.93. The second kappa shape index (κ2) is 5.34. The average molecular weight is 343 g/mol. The van der Waals surface area contributed by atoms with E-state index in [1.165, 1.54) is 50.5 Å². The van der Waals surface area contributed by atoms with Gasteiger partial charge < -0.3 is 11.1 Å². The normalized spacial score (nSPS) is 49.6. The van der Waals surface area contributed by atoms with E-state index in [-0.39, 0.29) is 11.2 Å². The second-order valence-electron chi connectivity index (χ2n) is 10.3. The lowest BCUT2D eigenvalue weighted by molar-refractivity contribution is -0.118. The van der Waals surface area contributed by atoms with Crippen molar-refractivity contribution in [3.05, 3.63) is 11.3 Å². The minimum atomic E-state index is 0.199. The molecule has 0 bridgehead atoms. The molecule has 0 spiro atoms. The molecule has 0 aromatic heterocycles. The van der Waals surface area contributed by atoms with Gasteiger partial charge >= 0.3 is 0 Å². The van der Waals surface area contributed by atoms with Crippen molar-refractivity contribution in [3.63, 3.8) is 0 Å². The largest absolute Gasteiger partial charge is 0.396 e. The van der Waals surface area contributed by atoms with E-state index in [9.17, 15) is 4.79 Å². The molecule has 25 heavy (non-hydrogen) atoms. The molecule has 0 saturated heterocycles. The number of ketones is 1. The molecule has 3 N–H and O–H groups in total. The predicted molar refractivity (Wildman–Crippen MR) is 99.8 cm³/mol. The molecule has 0 amide bonds. The first-order chi connectivity index (χ1) is 11.9. The molecule has 0 aliphatic heterocycles. The molecule has 0 aromatic carbocycles. The highest BCUT2D eigenvalue weighted by Gasteiger charge is 2.59. The molecule has 0 radical (unpaired) electrons. The van der Waals surface area contributed by atoms with E-state index in [2.05, 4.69) is 19.2 Å². The molecule has 1 unspecified atom stereocenters. The Labute approximate surface area is 152 Å². The van der Waals surface area contributed by atoms with E-state index in [4.69, 9.17) is 5.73 Å². The fraction of sp³-hybridized carbons (Fsp3) is 0.864. The van der Waals surface area contributed by atoms with Gasteiger partial charge in [0.25, 0.3) is 0 Å². The van der Waals surface area contributed by atoms with E-state index >= 15 is 0 Å². The first-order valence-corrected chi connectivity index (χ1v) is 10.7. The van der Waals surface area contributed by atoms with Crippen LogP contribution in [0.25, 0.3) is 0 Å². The number of Topliss-reactive ketones (excluding diaryl/α,β-unsaturated/α-hetero) is 1. The van der Waals surface area contributed by atoms with Crippen LogP contribution in [0.1, 0.15) is 78.1 Å². The van der Waals surface area contributed by atoms with E-state index in [0.717, 1.165) is 42.7 Å². The van der Waals surface area contributed by atoms with E-state index in [1.807, 2.05) is 0 Å². The van der Waals surface area contributed by atoms with E-state index < -0.39 is 0 Å². The van der Waals surface area contributed by atoms with Crippen LogP contribution >= 0.6 is 0 Å². The van der Waals surface area contributed by atoms with Gasteiger partial charge in [-0.25, -0.2) is 0 Å². The summed E-state index contributed by atoms with van der Waals surface area (Å²) in [6.07, 6.45) is 12.3. The zero-order valence-electron chi connectivity index (χ0n) is 15.9. The molecule has 4 saturated carbocycles. The van der Waals surface area contributed by atoms with Gasteiger partial charge in [-0.05, 0) is 91.9 Å². The van der Waals surface area contributed by atoms with Crippen LogP contribution in [0.2, 0.25) is 0 Å². The Bertz CT molecular complexity index is 636. The van der Waals surface area contributed by atoms with Gasteiger partial charge in [0.05, 0.1) is 5.70 Å². The zero-order valence-corrected chi connectivity index (χ0v) is 15.9. The fourth-order valence-electron chi connectivity index (χ4n) is 7.56. The van der Waals surface area contributed by atoms with Crippen molar-refractivity contribution in [2.75, 3.05) is 0 Å². The molecule has 5 aliphatic carbocycles. The number of nitrogens with two attached hydrogens (primary N) is 1. The molecule has 6 atom stereocenters. The van der Waals surface area contributed by atoms with Crippen LogP contribution in [0.3, 0.4) is 0 Å². The standard InChI is InChI=1S/C22H34N2O/c1-21-12-10-18(25)20(23)17(21)6-5-14-15-7-8-19(24-13-3-4-13)22(15,2)11-9-16(14)21/h13-16,19,24H,3-12,23H2,1-2H3/t14-,15-,16+,19?,21+,22-/m0/s1. The Morgan fingerprint density at radius 2 is 1.76 bits per heavy atom. The molecule has 0 aromatic rings. The van der Waals surface area contributed by atoms with Crippen molar-refractivity contribution in [2.24, 2.45) is 34.3 Å². The maximum atomic E-state index is 12.1. The zero-order chi connectivity index (χ0) is 17.4. The van der Waals surface area contributed by atoms with Gasteiger partial charge in [-0.1, -0.05) is 13.8 Å². The Morgan fingerprint density at radius 3 is 2.52 bits per heavy atom. The highest BCUT2D eigenvalue weighted by Crippen LogP contribution is 2.65. The lowest BCUT2D eigenvalue weighted by atomic mass is 9.47. The average Bonchev–Trinajstić information content (AvgIpc) is 3.34. The van der Waals surface area contributed by atoms with Gasteiger partial charge in [0.1, 0.15) is 0 Å². The summed E-state index contributed by atoms with van der Waals surface area (Å²) in [6, 6.07) is 1.56. The number of fused-ring (bicyclic) bond motifs is 5. The summed E-state index contributed by atoms with van der Waals surface area (Å²) < 4.78 is 0. The van der Waals surface area contributed by atoms with Crippen LogP contribution in [0, 0.1) is 28.6 Å². The van der Waals surface area contributed by atoms with Gasteiger partial charge in [0.15, 0.2) is 5.78 Å². The molecule has 3 nitrogen and oxygen atoms in total. The number of nitrogens with one attached hydrogen (secondary N) is 1. The number of carbonyl (C=O) groups excluding carboxylic acids is 1. The monoisotopic (exact) mass is 342 g/mol. The fourth-order valence-corrected chi connectivity index (χ4v) is 7.56. The summed E-state index contributed by atoms with van der Waals surface area (Å²) >= 11 is 0. The molecular weight excluding hydrogens is 308 g/mol. The minimum Gasteiger partial charge on any atom is -0.396 e. The Hall–Kier alpha value is -0.830. The van der Waals surface area contributed by atoms with Gasteiger partial charge in [-0.2, -0.15) is 0 Å². The summed E-state index contributed by atoms with van der Waals surface area (Å²) in [7, 11) is 0. The first-order valence-electron chi connectivity index (χ1n) is 10.7. The number of hydrogen-bond acceptors (Lipinski definition) is 3. The number of allylic oxidation sites excluding steroid dienone is 1. The van der Waals surface area contributed by atoms with Crippen LogP contribution < -0.4 is 11.1 Å². The molecule has 5 aliphatic rings. The lowest BCUT2D eigenvalue weighted by Gasteiger charge is -2.58. The van der Waals surface area contributed by atoms with Crippen LogP contribution in [-0.4, -0.2) is 17.9 Å². The van der Waals surface area contributed by atoms with Crippen molar-refractivity contribution in [2.45, 2.75) is 90.1 Å². The van der Waals surface area contributed by atoms with E-state index in [1.54, 1.807) is 0 Å². The van der Waals surface area contributed by atoms with Gasteiger partial charge in [-0.3, -0.25) is 4.79 Å². The Morgan fingerprint density at radius 1 is 0.960 bits per heavy atom. The number of rotatable bonds is 2. The van der Waals surface area contributed by atoms with Crippen LogP contribution in [0.4, 0.5) is 0 Å². The summed E-state index contributed by atoms with van der Waals surface area (Å²) in [5.41, 5.74) is 8.94. The SMILES string of the molecule is C[C@]12CCC(=O)C(N)=C1CC[C@@H]1[C@H]2CC[C@]2(C)C(NC3CC3)CC[C@@H]12. The maximum absolute atomic E-state index is 12.1. The molecule has 5 rings (SSSR count). The second-order valence-corrected chi connectivity index (χ2v) is 10.3. The van der Waals surface area contributed by atoms with Crippen LogP contribution in [0.5, 0.6) is 0 Å².